The highest BCUT2D eigenvalue weighted by atomic mass is 35.5. The van der Waals surface area contributed by atoms with Gasteiger partial charge in [-0.3, -0.25) is 19.6 Å². The summed E-state index contributed by atoms with van der Waals surface area (Å²) in [5.74, 6) is -0.427. The van der Waals surface area contributed by atoms with Gasteiger partial charge in [-0.1, -0.05) is 41.4 Å². The predicted molar refractivity (Wildman–Crippen MR) is 115 cm³/mol. The SMILES string of the molecule is Cn1ccc(COc2ccc(-c3cccc(C4CCC(=O)NC4=O)c3Cl)c(Cl)c2)n1. The molecule has 154 valence electrons. The van der Waals surface area contributed by atoms with Gasteiger partial charge in [0.25, 0.3) is 0 Å². The minimum Gasteiger partial charge on any atom is -0.487 e. The first kappa shape index (κ1) is 20.4. The number of nitrogens with zero attached hydrogens (tertiary/aromatic N) is 2. The Labute approximate surface area is 183 Å². The second-order valence-corrected chi connectivity index (χ2v) is 7.91. The number of imide groups is 1. The number of carbonyl (C=O) groups is 2. The molecule has 1 aliphatic heterocycles. The van der Waals surface area contributed by atoms with E-state index in [1.54, 1.807) is 10.7 Å². The van der Waals surface area contributed by atoms with Gasteiger partial charge < -0.3 is 4.74 Å². The molecular weight excluding hydrogens is 425 g/mol. The van der Waals surface area contributed by atoms with E-state index in [1.807, 2.05) is 49.6 Å². The van der Waals surface area contributed by atoms with Crippen molar-refractivity contribution in [2.24, 2.45) is 7.05 Å². The van der Waals surface area contributed by atoms with Crippen LogP contribution in [-0.4, -0.2) is 21.6 Å². The standard InChI is InChI=1S/C22H19Cl2N3O3/c1-27-10-9-13(26-27)12-30-14-5-6-15(19(23)11-14)16-3-2-4-17(21(16)24)18-7-8-20(28)25-22(18)29/h2-6,9-11,18H,7-8,12H2,1H3,(H,25,28,29). The van der Waals surface area contributed by atoms with E-state index in [1.165, 1.54) is 0 Å². The van der Waals surface area contributed by atoms with E-state index in [9.17, 15) is 9.59 Å². The second kappa shape index (κ2) is 8.50. The van der Waals surface area contributed by atoms with Crippen LogP contribution in [0, 0.1) is 0 Å². The van der Waals surface area contributed by atoms with E-state index in [0.29, 0.717) is 40.8 Å². The third-order valence-corrected chi connectivity index (χ3v) is 5.76. The molecule has 0 saturated carbocycles. The third kappa shape index (κ3) is 4.20. The van der Waals surface area contributed by atoms with Crippen LogP contribution in [0.25, 0.3) is 11.1 Å². The first-order valence-electron chi connectivity index (χ1n) is 9.45. The van der Waals surface area contributed by atoms with E-state index in [4.69, 9.17) is 27.9 Å². The molecule has 0 bridgehead atoms. The monoisotopic (exact) mass is 443 g/mol. The molecule has 30 heavy (non-hydrogen) atoms. The Balaban J connectivity index is 1.58. The summed E-state index contributed by atoms with van der Waals surface area (Å²) in [6, 6.07) is 12.8. The summed E-state index contributed by atoms with van der Waals surface area (Å²) in [5.41, 5.74) is 2.96. The lowest BCUT2D eigenvalue weighted by Crippen LogP contribution is -2.39. The molecule has 1 aliphatic rings. The zero-order chi connectivity index (χ0) is 21.3. The molecule has 1 unspecified atom stereocenters. The number of hydrogen-bond donors (Lipinski definition) is 1. The van der Waals surface area contributed by atoms with Crippen LogP contribution >= 0.6 is 23.2 Å². The molecule has 2 amide bonds. The number of ether oxygens (including phenoxy) is 1. The zero-order valence-corrected chi connectivity index (χ0v) is 17.7. The highest BCUT2D eigenvalue weighted by Crippen LogP contribution is 2.40. The summed E-state index contributed by atoms with van der Waals surface area (Å²) < 4.78 is 7.49. The van der Waals surface area contributed by atoms with Gasteiger partial charge in [0.2, 0.25) is 11.8 Å². The van der Waals surface area contributed by atoms with Gasteiger partial charge in [-0.15, -0.1) is 0 Å². The molecule has 0 aliphatic carbocycles. The van der Waals surface area contributed by atoms with Crippen LogP contribution in [0.1, 0.15) is 30.0 Å². The summed E-state index contributed by atoms with van der Waals surface area (Å²) in [6.45, 7) is 0.336. The Morgan fingerprint density at radius 2 is 2.00 bits per heavy atom. The van der Waals surface area contributed by atoms with Crippen LogP contribution in [-0.2, 0) is 23.2 Å². The number of aryl methyl sites for hydroxylation is 1. The fourth-order valence-corrected chi connectivity index (χ4v) is 4.15. The number of amides is 2. The number of rotatable bonds is 5. The molecule has 1 atom stereocenters. The van der Waals surface area contributed by atoms with Crippen molar-refractivity contribution in [1.82, 2.24) is 15.1 Å². The van der Waals surface area contributed by atoms with Crippen molar-refractivity contribution in [1.29, 1.82) is 0 Å². The molecule has 0 spiro atoms. The molecule has 4 rings (SSSR count). The number of nitrogens with one attached hydrogen (secondary N) is 1. The van der Waals surface area contributed by atoms with E-state index in [-0.39, 0.29) is 11.8 Å². The minimum absolute atomic E-state index is 0.257. The Kier molecular flexibility index (Phi) is 5.79. The Morgan fingerprint density at radius 1 is 1.17 bits per heavy atom. The normalized spacial score (nSPS) is 16.4. The van der Waals surface area contributed by atoms with Crippen LogP contribution in [0.5, 0.6) is 5.75 Å². The second-order valence-electron chi connectivity index (χ2n) is 7.12. The molecule has 1 N–H and O–H groups in total. The maximum absolute atomic E-state index is 12.3. The average molecular weight is 444 g/mol. The van der Waals surface area contributed by atoms with Crippen molar-refractivity contribution in [3.63, 3.8) is 0 Å². The Bertz CT molecular complexity index is 1130. The zero-order valence-electron chi connectivity index (χ0n) is 16.2. The molecule has 3 aromatic rings. The Hall–Kier alpha value is -2.83. The molecule has 0 radical (unpaired) electrons. The van der Waals surface area contributed by atoms with Crippen molar-refractivity contribution >= 4 is 35.0 Å². The summed E-state index contributed by atoms with van der Waals surface area (Å²) in [6.07, 6.45) is 2.58. The third-order valence-electron chi connectivity index (χ3n) is 5.03. The van der Waals surface area contributed by atoms with Gasteiger partial charge in [-0.05, 0) is 36.2 Å². The lowest BCUT2D eigenvalue weighted by atomic mass is 9.88. The maximum atomic E-state index is 12.3. The van der Waals surface area contributed by atoms with Gasteiger partial charge in [0.05, 0.1) is 21.7 Å². The van der Waals surface area contributed by atoms with Crippen molar-refractivity contribution in [3.8, 4) is 16.9 Å². The van der Waals surface area contributed by atoms with Crippen LogP contribution in [0.3, 0.4) is 0 Å². The number of carbonyl (C=O) groups excluding carboxylic acids is 2. The van der Waals surface area contributed by atoms with E-state index in [2.05, 4.69) is 10.4 Å². The molecule has 8 heteroatoms. The molecule has 2 heterocycles. The molecule has 2 aromatic carbocycles. The topological polar surface area (TPSA) is 73.2 Å². The summed E-state index contributed by atoms with van der Waals surface area (Å²) in [7, 11) is 1.85. The van der Waals surface area contributed by atoms with Gasteiger partial charge in [-0.25, -0.2) is 0 Å². The summed E-state index contributed by atoms with van der Waals surface area (Å²) in [4.78, 5) is 23.7. The lowest BCUT2D eigenvalue weighted by molar-refractivity contribution is -0.134. The first-order valence-corrected chi connectivity index (χ1v) is 10.2. The van der Waals surface area contributed by atoms with Crippen LogP contribution in [0.4, 0.5) is 0 Å². The van der Waals surface area contributed by atoms with Crippen molar-refractivity contribution < 1.29 is 14.3 Å². The quantitative estimate of drug-likeness (QED) is 0.589. The van der Waals surface area contributed by atoms with Crippen LogP contribution < -0.4 is 10.1 Å². The maximum Gasteiger partial charge on any atom is 0.234 e. The van der Waals surface area contributed by atoms with Crippen LogP contribution in [0.15, 0.2) is 48.7 Å². The van der Waals surface area contributed by atoms with Gasteiger partial charge in [-0.2, -0.15) is 5.10 Å². The highest BCUT2D eigenvalue weighted by molar-refractivity contribution is 6.37. The van der Waals surface area contributed by atoms with Gasteiger partial charge in [0, 0.05) is 30.8 Å². The molecule has 1 saturated heterocycles. The number of aromatic nitrogens is 2. The van der Waals surface area contributed by atoms with Crippen molar-refractivity contribution in [2.45, 2.75) is 25.4 Å². The molecule has 1 aromatic heterocycles. The first-order chi connectivity index (χ1) is 14.4. The Morgan fingerprint density at radius 3 is 2.70 bits per heavy atom. The minimum atomic E-state index is -0.463. The number of halogens is 2. The summed E-state index contributed by atoms with van der Waals surface area (Å²) in [5, 5.41) is 7.59. The van der Waals surface area contributed by atoms with Gasteiger partial charge in [0.1, 0.15) is 12.4 Å². The predicted octanol–water partition coefficient (Wildman–Crippen LogP) is 4.49. The number of benzene rings is 2. The lowest BCUT2D eigenvalue weighted by Gasteiger charge is -2.23. The van der Waals surface area contributed by atoms with Gasteiger partial charge >= 0.3 is 0 Å². The molecular formula is C22H19Cl2N3O3. The smallest absolute Gasteiger partial charge is 0.234 e. The average Bonchev–Trinajstić information content (AvgIpc) is 3.13. The van der Waals surface area contributed by atoms with Crippen molar-refractivity contribution in [2.75, 3.05) is 0 Å². The fourth-order valence-electron chi connectivity index (χ4n) is 3.52. The number of hydrogen-bond acceptors (Lipinski definition) is 4. The highest BCUT2D eigenvalue weighted by Gasteiger charge is 2.30. The van der Waals surface area contributed by atoms with E-state index < -0.39 is 5.92 Å². The summed E-state index contributed by atoms with van der Waals surface area (Å²) >= 11 is 13.2. The van der Waals surface area contributed by atoms with Crippen molar-refractivity contribution in [3.05, 3.63) is 70.0 Å². The molecule has 6 nitrogen and oxygen atoms in total. The van der Waals surface area contributed by atoms with E-state index >= 15 is 0 Å². The fraction of sp³-hybridized carbons (Fsp3) is 0.227. The molecule has 1 fully saturated rings. The van der Waals surface area contributed by atoms with E-state index in [0.717, 1.165) is 16.8 Å². The van der Waals surface area contributed by atoms with Gasteiger partial charge in [0.15, 0.2) is 0 Å². The number of piperidine rings is 1. The van der Waals surface area contributed by atoms with Crippen LogP contribution in [0.2, 0.25) is 10.0 Å². The largest absolute Gasteiger partial charge is 0.487 e.